The van der Waals surface area contributed by atoms with E-state index in [0.29, 0.717) is 5.41 Å². The Morgan fingerprint density at radius 3 is 2.76 bits per heavy atom. The van der Waals surface area contributed by atoms with Gasteiger partial charge in [0.2, 0.25) is 0 Å². The van der Waals surface area contributed by atoms with Gasteiger partial charge in [-0.15, -0.1) is 0 Å². The molecule has 0 unspecified atom stereocenters. The van der Waals surface area contributed by atoms with Crippen LogP contribution in [-0.2, 0) is 17.7 Å². The molecule has 0 atom stereocenters. The van der Waals surface area contributed by atoms with Gasteiger partial charge < -0.3 is 19.9 Å². The van der Waals surface area contributed by atoms with E-state index in [0.717, 1.165) is 57.4 Å². The third-order valence-electron chi connectivity index (χ3n) is 5.81. The minimum absolute atomic E-state index is 0.338. The Bertz CT molecular complexity index is 752. The van der Waals surface area contributed by atoms with Gasteiger partial charge in [0.15, 0.2) is 5.96 Å². The predicted octanol–water partition coefficient (Wildman–Crippen LogP) is 3.24. The van der Waals surface area contributed by atoms with Gasteiger partial charge in [0.25, 0.3) is 0 Å². The summed E-state index contributed by atoms with van der Waals surface area (Å²) in [6, 6.07) is 10.5. The molecule has 1 aromatic heterocycles. The van der Waals surface area contributed by atoms with Gasteiger partial charge in [-0.1, -0.05) is 36.8 Å². The van der Waals surface area contributed by atoms with Crippen molar-refractivity contribution in [1.29, 1.82) is 0 Å². The van der Waals surface area contributed by atoms with Gasteiger partial charge >= 0.3 is 0 Å². The van der Waals surface area contributed by atoms with Crippen molar-refractivity contribution in [1.82, 2.24) is 20.2 Å². The van der Waals surface area contributed by atoms with Gasteiger partial charge in [-0.25, -0.2) is 4.98 Å². The Morgan fingerprint density at radius 1 is 1.24 bits per heavy atom. The summed E-state index contributed by atoms with van der Waals surface area (Å²) in [5, 5.41) is 6.86. The maximum atomic E-state index is 5.30. The van der Waals surface area contributed by atoms with E-state index < -0.39 is 0 Å². The summed E-state index contributed by atoms with van der Waals surface area (Å²) in [5.41, 5.74) is 1.63. The number of guanidine groups is 1. The fraction of sp³-hybridized carbons (Fsp3) is 0.565. The highest BCUT2D eigenvalue weighted by molar-refractivity contribution is 5.79. The first kappa shape index (κ1) is 21.4. The maximum absolute atomic E-state index is 5.30. The molecule has 0 saturated heterocycles. The number of methoxy groups -OCH3 is 1. The first-order valence-corrected chi connectivity index (χ1v) is 10.8. The van der Waals surface area contributed by atoms with Crippen LogP contribution in [0.2, 0.25) is 0 Å². The average Bonchev–Trinajstić information content (AvgIpc) is 3.14. The van der Waals surface area contributed by atoms with E-state index in [9.17, 15) is 0 Å². The van der Waals surface area contributed by atoms with Gasteiger partial charge in [-0.05, 0) is 37.2 Å². The minimum Gasteiger partial charge on any atom is -0.385 e. The summed E-state index contributed by atoms with van der Waals surface area (Å²) in [4.78, 5) is 9.43. The highest BCUT2D eigenvalue weighted by Gasteiger charge is 2.36. The minimum atomic E-state index is 0.338. The summed E-state index contributed by atoms with van der Waals surface area (Å²) >= 11 is 0. The Hall–Kier alpha value is -2.34. The molecule has 1 fully saturated rings. The monoisotopic (exact) mass is 397 g/mol. The van der Waals surface area contributed by atoms with Gasteiger partial charge in [0.1, 0.15) is 5.82 Å². The lowest BCUT2D eigenvalue weighted by Crippen LogP contribution is -2.41. The molecule has 2 N–H and O–H groups in total. The first-order valence-electron chi connectivity index (χ1n) is 10.8. The molecule has 1 heterocycles. The molecule has 0 amide bonds. The molecule has 0 spiro atoms. The van der Waals surface area contributed by atoms with Crippen molar-refractivity contribution in [2.45, 2.75) is 45.6 Å². The molecule has 6 nitrogen and oxygen atoms in total. The number of aliphatic imine (C=N–C) groups is 1. The number of ether oxygens (including phenoxy) is 1. The van der Waals surface area contributed by atoms with Gasteiger partial charge in [-0.3, -0.25) is 4.99 Å². The topological polar surface area (TPSA) is 63.5 Å². The van der Waals surface area contributed by atoms with Gasteiger partial charge in [0, 0.05) is 58.7 Å². The van der Waals surface area contributed by atoms with Crippen molar-refractivity contribution in [3.63, 3.8) is 0 Å². The summed E-state index contributed by atoms with van der Waals surface area (Å²) in [5.74, 6) is 1.99. The molecule has 0 bridgehead atoms. The number of nitrogens with zero attached hydrogens (tertiary/aromatic N) is 3. The van der Waals surface area contributed by atoms with Crippen LogP contribution in [0.4, 0.5) is 0 Å². The van der Waals surface area contributed by atoms with E-state index in [4.69, 9.17) is 9.73 Å². The normalized spacial score (nSPS) is 15.7. The lowest BCUT2D eigenvalue weighted by atomic mass is 9.67. The Labute approximate surface area is 174 Å². The van der Waals surface area contributed by atoms with E-state index in [1.807, 2.05) is 12.3 Å². The second kappa shape index (κ2) is 11.0. The number of rotatable bonds is 11. The van der Waals surface area contributed by atoms with Crippen LogP contribution in [0.5, 0.6) is 0 Å². The standard InChI is InChI=1S/C23H35N5O/c1-3-24-22(27-19-23(11-7-12-23)13-17-29-2)26-14-10-21-25-15-16-28(21)18-20-8-5-4-6-9-20/h4-6,8-9,15-16H,3,7,10-14,17-19H2,1-2H3,(H2,24,26,27). The second-order valence-corrected chi connectivity index (χ2v) is 7.93. The van der Waals surface area contributed by atoms with Crippen molar-refractivity contribution in [3.05, 3.63) is 54.1 Å². The number of benzene rings is 1. The Kier molecular flexibility index (Phi) is 8.11. The second-order valence-electron chi connectivity index (χ2n) is 7.93. The average molecular weight is 398 g/mol. The largest absolute Gasteiger partial charge is 0.385 e. The lowest BCUT2D eigenvalue weighted by molar-refractivity contribution is 0.0778. The first-order chi connectivity index (χ1) is 14.2. The van der Waals surface area contributed by atoms with Crippen molar-refractivity contribution in [2.24, 2.45) is 10.4 Å². The van der Waals surface area contributed by atoms with Crippen LogP contribution in [0, 0.1) is 5.41 Å². The zero-order valence-electron chi connectivity index (χ0n) is 17.9. The number of aromatic nitrogens is 2. The van der Waals surface area contributed by atoms with E-state index >= 15 is 0 Å². The highest BCUT2D eigenvalue weighted by atomic mass is 16.5. The summed E-state index contributed by atoms with van der Waals surface area (Å²) in [6.45, 7) is 6.32. The molecule has 29 heavy (non-hydrogen) atoms. The van der Waals surface area contributed by atoms with Crippen LogP contribution in [0.15, 0.2) is 47.7 Å². The molecule has 0 radical (unpaired) electrons. The summed E-state index contributed by atoms with van der Waals surface area (Å²) < 4.78 is 7.52. The van der Waals surface area contributed by atoms with Crippen LogP contribution in [0.1, 0.15) is 44.0 Å². The Morgan fingerprint density at radius 2 is 2.07 bits per heavy atom. The lowest BCUT2D eigenvalue weighted by Gasteiger charge is -2.40. The van der Waals surface area contributed by atoms with Crippen LogP contribution >= 0.6 is 0 Å². The molecule has 6 heteroatoms. The molecular weight excluding hydrogens is 362 g/mol. The quantitative estimate of drug-likeness (QED) is 0.451. The third kappa shape index (κ3) is 6.32. The molecule has 158 valence electrons. The molecule has 1 aromatic carbocycles. The van der Waals surface area contributed by atoms with Gasteiger partial charge in [-0.2, -0.15) is 0 Å². The fourth-order valence-electron chi connectivity index (χ4n) is 3.86. The van der Waals surface area contributed by atoms with Crippen molar-refractivity contribution in [3.8, 4) is 0 Å². The van der Waals surface area contributed by atoms with Crippen LogP contribution in [0.25, 0.3) is 0 Å². The number of hydrogen-bond donors (Lipinski definition) is 2. The molecular formula is C23H35N5O. The van der Waals surface area contributed by atoms with Crippen molar-refractivity contribution >= 4 is 5.96 Å². The van der Waals surface area contributed by atoms with E-state index in [-0.39, 0.29) is 0 Å². The maximum Gasteiger partial charge on any atom is 0.191 e. The molecule has 1 aliphatic carbocycles. The SMILES string of the molecule is CCNC(=NCC1(CCOC)CCC1)NCCc1nccn1Cc1ccccc1. The van der Waals surface area contributed by atoms with E-state index in [2.05, 4.69) is 57.6 Å². The van der Waals surface area contributed by atoms with E-state index in [1.54, 1.807) is 7.11 Å². The Balaban J connectivity index is 1.51. The predicted molar refractivity (Wildman–Crippen MR) is 118 cm³/mol. The molecule has 1 aliphatic rings. The van der Waals surface area contributed by atoms with Crippen molar-refractivity contribution in [2.75, 3.05) is 33.4 Å². The fourth-order valence-corrected chi connectivity index (χ4v) is 3.86. The van der Waals surface area contributed by atoms with Crippen molar-refractivity contribution < 1.29 is 4.74 Å². The van der Waals surface area contributed by atoms with E-state index in [1.165, 1.54) is 24.8 Å². The van der Waals surface area contributed by atoms with Gasteiger partial charge in [0.05, 0.1) is 0 Å². The molecule has 0 aliphatic heterocycles. The zero-order chi connectivity index (χ0) is 20.4. The molecule has 1 saturated carbocycles. The van der Waals surface area contributed by atoms with Crippen LogP contribution in [-0.4, -0.2) is 48.9 Å². The summed E-state index contributed by atoms with van der Waals surface area (Å²) in [7, 11) is 1.78. The van der Waals surface area contributed by atoms with Crippen LogP contribution < -0.4 is 10.6 Å². The smallest absolute Gasteiger partial charge is 0.191 e. The number of nitrogens with one attached hydrogen (secondary N) is 2. The number of hydrogen-bond acceptors (Lipinski definition) is 3. The third-order valence-corrected chi connectivity index (χ3v) is 5.81. The number of imidazole rings is 1. The zero-order valence-corrected chi connectivity index (χ0v) is 17.9. The summed E-state index contributed by atoms with van der Waals surface area (Å²) in [6.07, 6.45) is 9.73. The molecule has 3 rings (SSSR count). The van der Waals surface area contributed by atoms with Crippen LogP contribution in [0.3, 0.4) is 0 Å². The molecule has 2 aromatic rings. The highest BCUT2D eigenvalue weighted by Crippen LogP contribution is 2.44.